The number of carbonyl (C=O) groups is 1. The second-order valence-electron chi connectivity index (χ2n) is 3.91. The molecule has 0 fully saturated rings. The predicted molar refractivity (Wildman–Crippen MR) is 60.9 cm³/mol. The molecule has 2 rings (SSSR count). The van der Waals surface area contributed by atoms with Crippen LogP contribution in [0.4, 0.5) is 4.39 Å². The normalized spacial score (nSPS) is 12.4. The maximum Gasteiger partial charge on any atom is 0.339 e. The van der Waals surface area contributed by atoms with Crippen LogP contribution < -0.4 is 0 Å². The maximum absolute atomic E-state index is 13.0. The first-order chi connectivity index (χ1) is 8.50. The Kier molecular flexibility index (Phi) is 3.16. The van der Waals surface area contributed by atoms with E-state index < -0.39 is 17.9 Å². The highest BCUT2D eigenvalue weighted by Gasteiger charge is 2.23. The lowest BCUT2D eigenvalue weighted by molar-refractivity contribution is 0.0687. The van der Waals surface area contributed by atoms with Gasteiger partial charge in [-0.1, -0.05) is 6.07 Å². The standard InChI is InChI=1S/C13H11FO4/c1-7-6-8(14)2-3-9(7)11(15)12-10(13(16)17)4-5-18-12/h2-6,11,15H,1H3,(H,16,17). The summed E-state index contributed by atoms with van der Waals surface area (Å²) in [5, 5.41) is 19.0. The highest BCUT2D eigenvalue weighted by molar-refractivity contribution is 5.88. The lowest BCUT2D eigenvalue weighted by Gasteiger charge is -2.12. The number of hydrogen-bond acceptors (Lipinski definition) is 3. The summed E-state index contributed by atoms with van der Waals surface area (Å²) in [7, 11) is 0. The molecule has 0 aliphatic carbocycles. The van der Waals surface area contributed by atoms with Gasteiger partial charge in [-0.25, -0.2) is 9.18 Å². The Bertz CT molecular complexity index is 588. The lowest BCUT2D eigenvalue weighted by atomic mass is 10.00. The number of hydrogen-bond donors (Lipinski definition) is 2. The van der Waals surface area contributed by atoms with Crippen molar-refractivity contribution in [3.63, 3.8) is 0 Å². The molecule has 1 aromatic heterocycles. The fourth-order valence-corrected chi connectivity index (χ4v) is 1.80. The highest BCUT2D eigenvalue weighted by Crippen LogP contribution is 2.28. The minimum atomic E-state index is -1.23. The molecule has 1 aromatic carbocycles. The third kappa shape index (κ3) is 2.12. The molecule has 0 bridgehead atoms. The van der Waals surface area contributed by atoms with E-state index in [1.54, 1.807) is 6.92 Å². The highest BCUT2D eigenvalue weighted by atomic mass is 19.1. The van der Waals surface area contributed by atoms with Crippen LogP contribution in [0.25, 0.3) is 0 Å². The smallest absolute Gasteiger partial charge is 0.339 e. The van der Waals surface area contributed by atoms with E-state index in [-0.39, 0.29) is 11.3 Å². The number of carboxylic acids is 1. The van der Waals surface area contributed by atoms with Crippen molar-refractivity contribution in [1.29, 1.82) is 0 Å². The van der Waals surface area contributed by atoms with Gasteiger partial charge >= 0.3 is 5.97 Å². The summed E-state index contributed by atoms with van der Waals surface area (Å²) < 4.78 is 18.0. The number of benzene rings is 1. The van der Waals surface area contributed by atoms with Gasteiger partial charge < -0.3 is 14.6 Å². The van der Waals surface area contributed by atoms with Gasteiger partial charge in [-0.05, 0) is 36.2 Å². The topological polar surface area (TPSA) is 70.7 Å². The maximum atomic E-state index is 13.0. The van der Waals surface area contributed by atoms with Crippen molar-refractivity contribution in [2.75, 3.05) is 0 Å². The van der Waals surface area contributed by atoms with Crippen LogP contribution in [0.1, 0.15) is 33.3 Å². The SMILES string of the molecule is Cc1cc(F)ccc1C(O)c1occc1C(=O)O. The Morgan fingerprint density at radius 1 is 1.39 bits per heavy atom. The number of aromatic carboxylic acids is 1. The van der Waals surface area contributed by atoms with Crippen molar-refractivity contribution in [3.05, 3.63) is 58.8 Å². The zero-order chi connectivity index (χ0) is 13.3. The number of carboxylic acid groups (broad SMARTS) is 1. The molecule has 4 nitrogen and oxygen atoms in total. The molecule has 94 valence electrons. The molecule has 0 spiro atoms. The molecule has 2 N–H and O–H groups in total. The van der Waals surface area contributed by atoms with Crippen LogP contribution in [0, 0.1) is 12.7 Å². The van der Waals surface area contributed by atoms with E-state index in [0.29, 0.717) is 11.1 Å². The quantitative estimate of drug-likeness (QED) is 0.878. The predicted octanol–water partition coefficient (Wildman–Crippen LogP) is 2.51. The number of furan rings is 1. The first-order valence-corrected chi connectivity index (χ1v) is 5.25. The van der Waals surface area contributed by atoms with E-state index in [9.17, 15) is 14.3 Å². The number of rotatable bonds is 3. The van der Waals surface area contributed by atoms with E-state index in [0.717, 1.165) is 0 Å². The molecule has 0 aliphatic rings. The Balaban J connectivity index is 2.44. The largest absolute Gasteiger partial charge is 0.478 e. The van der Waals surface area contributed by atoms with E-state index >= 15 is 0 Å². The van der Waals surface area contributed by atoms with Crippen LogP contribution in [-0.2, 0) is 0 Å². The summed E-state index contributed by atoms with van der Waals surface area (Å²) in [5.41, 5.74) is 0.829. The minimum absolute atomic E-state index is 0.0581. The molecule has 0 aliphatic heterocycles. The van der Waals surface area contributed by atoms with E-state index in [2.05, 4.69) is 0 Å². The second kappa shape index (κ2) is 4.62. The number of aliphatic hydroxyl groups is 1. The summed E-state index contributed by atoms with van der Waals surface area (Å²) >= 11 is 0. The van der Waals surface area contributed by atoms with Crippen molar-refractivity contribution in [1.82, 2.24) is 0 Å². The van der Waals surface area contributed by atoms with Crippen molar-refractivity contribution >= 4 is 5.97 Å². The minimum Gasteiger partial charge on any atom is -0.478 e. The van der Waals surface area contributed by atoms with Crippen molar-refractivity contribution in [2.24, 2.45) is 0 Å². The van der Waals surface area contributed by atoms with Crippen LogP contribution >= 0.6 is 0 Å². The molecule has 1 atom stereocenters. The molecule has 1 unspecified atom stereocenters. The number of halogens is 1. The lowest BCUT2D eigenvalue weighted by Crippen LogP contribution is -2.07. The number of aryl methyl sites for hydroxylation is 1. The van der Waals surface area contributed by atoms with Gasteiger partial charge in [0.1, 0.15) is 17.5 Å². The molecule has 18 heavy (non-hydrogen) atoms. The summed E-state index contributed by atoms with van der Waals surface area (Å²) in [5.74, 6) is -1.66. The molecular weight excluding hydrogens is 239 g/mol. The fraction of sp³-hybridized carbons (Fsp3) is 0.154. The van der Waals surface area contributed by atoms with Crippen LogP contribution in [0.2, 0.25) is 0 Å². The Morgan fingerprint density at radius 3 is 2.72 bits per heavy atom. The summed E-state index contributed by atoms with van der Waals surface area (Å²) in [6, 6.07) is 5.14. The average Bonchev–Trinajstić information content (AvgIpc) is 2.77. The molecule has 0 radical (unpaired) electrons. The van der Waals surface area contributed by atoms with Gasteiger partial charge in [0, 0.05) is 0 Å². The van der Waals surface area contributed by atoms with Crippen LogP contribution in [0.5, 0.6) is 0 Å². The first kappa shape index (κ1) is 12.3. The fourth-order valence-electron chi connectivity index (χ4n) is 1.80. The van der Waals surface area contributed by atoms with E-state index in [4.69, 9.17) is 9.52 Å². The summed E-state index contributed by atoms with van der Waals surface area (Å²) in [6.45, 7) is 1.63. The van der Waals surface area contributed by atoms with E-state index in [1.807, 2.05) is 0 Å². The Labute approximate surface area is 102 Å². The zero-order valence-corrected chi connectivity index (χ0v) is 9.55. The first-order valence-electron chi connectivity index (χ1n) is 5.25. The van der Waals surface area contributed by atoms with Crippen molar-refractivity contribution < 1.29 is 23.8 Å². The van der Waals surface area contributed by atoms with Crippen molar-refractivity contribution in [2.45, 2.75) is 13.0 Å². The Hall–Kier alpha value is -2.14. The second-order valence-corrected chi connectivity index (χ2v) is 3.91. The molecule has 0 amide bonds. The molecule has 1 heterocycles. The van der Waals surface area contributed by atoms with Gasteiger partial charge in [0.25, 0.3) is 0 Å². The molecule has 2 aromatic rings. The van der Waals surface area contributed by atoms with Crippen molar-refractivity contribution in [3.8, 4) is 0 Å². The van der Waals surface area contributed by atoms with Gasteiger partial charge in [-0.15, -0.1) is 0 Å². The monoisotopic (exact) mass is 250 g/mol. The van der Waals surface area contributed by atoms with Crippen LogP contribution in [0.15, 0.2) is 34.9 Å². The third-order valence-electron chi connectivity index (χ3n) is 2.70. The molecular formula is C13H11FO4. The molecule has 0 saturated heterocycles. The van der Waals surface area contributed by atoms with Gasteiger partial charge in [-0.3, -0.25) is 0 Å². The molecule has 0 saturated carbocycles. The third-order valence-corrected chi connectivity index (χ3v) is 2.70. The average molecular weight is 250 g/mol. The van der Waals surface area contributed by atoms with Crippen LogP contribution in [-0.4, -0.2) is 16.2 Å². The summed E-state index contributed by atoms with van der Waals surface area (Å²) in [4.78, 5) is 10.9. The summed E-state index contributed by atoms with van der Waals surface area (Å²) in [6.07, 6.45) is -0.0346. The van der Waals surface area contributed by atoms with E-state index in [1.165, 1.54) is 30.5 Å². The molecule has 5 heteroatoms. The van der Waals surface area contributed by atoms with Gasteiger partial charge in [0.2, 0.25) is 0 Å². The Morgan fingerprint density at radius 2 is 2.11 bits per heavy atom. The number of aliphatic hydroxyl groups excluding tert-OH is 1. The van der Waals surface area contributed by atoms with Crippen LogP contribution in [0.3, 0.4) is 0 Å². The van der Waals surface area contributed by atoms with Gasteiger partial charge in [-0.2, -0.15) is 0 Å². The van der Waals surface area contributed by atoms with Gasteiger partial charge in [0.15, 0.2) is 5.76 Å². The zero-order valence-electron chi connectivity index (χ0n) is 9.55. The van der Waals surface area contributed by atoms with Gasteiger partial charge in [0.05, 0.1) is 6.26 Å².